The van der Waals surface area contributed by atoms with Crippen molar-refractivity contribution in [2.24, 2.45) is 0 Å². The van der Waals surface area contributed by atoms with Gasteiger partial charge in [0.1, 0.15) is 12.2 Å². The quantitative estimate of drug-likeness (QED) is 0.857. The molecule has 1 aromatic carbocycles. The van der Waals surface area contributed by atoms with E-state index >= 15 is 0 Å². The van der Waals surface area contributed by atoms with Crippen molar-refractivity contribution in [2.75, 3.05) is 12.3 Å². The number of nitrogens with zero attached hydrogens (tertiary/aromatic N) is 4. The van der Waals surface area contributed by atoms with E-state index < -0.39 is 0 Å². The molecule has 1 aromatic heterocycles. The Labute approximate surface area is 114 Å². The van der Waals surface area contributed by atoms with Crippen LogP contribution in [-0.2, 0) is 19.6 Å². The summed E-state index contributed by atoms with van der Waals surface area (Å²) in [4.78, 5) is 2.33. The molecule has 1 aliphatic rings. The third-order valence-electron chi connectivity index (χ3n) is 3.25. The molecule has 0 amide bonds. The summed E-state index contributed by atoms with van der Waals surface area (Å²) in [6.45, 7) is 3.58. The number of nitrogen functional groups attached to an aromatic ring is 1. The molecule has 0 atom stereocenters. The van der Waals surface area contributed by atoms with Crippen LogP contribution in [0.1, 0.15) is 11.4 Å². The number of hydrogen-bond donors (Lipinski definition) is 1. The number of halogens is 1. The van der Waals surface area contributed by atoms with Crippen LogP contribution in [0.4, 0.5) is 5.69 Å². The fourth-order valence-corrected chi connectivity index (χ4v) is 2.72. The maximum absolute atomic E-state index is 6.02. The molecule has 94 valence electrons. The number of anilines is 1. The summed E-state index contributed by atoms with van der Waals surface area (Å²) < 4.78 is 3.16. The van der Waals surface area contributed by atoms with Crippen LogP contribution in [0, 0.1) is 0 Å². The average Bonchev–Trinajstić information content (AvgIpc) is 2.81. The summed E-state index contributed by atoms with van der Waals surface area (Å²) in [5.74, 6) is 1.02. The lowest BCUT2D eigenvalue weighted by molar-refractivity contribution is 0.209. The van der Waals surface area contributed by atoms with Gasteiger partial charge < -0.3 is 10.3 Å². The minimum atomic E-state index is 0.820. The Morgan fingerprint density at radius 3 is 3.06 bits per heavy atom. The van der Waals surface area contributed by atoms with Crippen molar-refractivity contribution < 1.29 is 0 Å². The first-order chi connectivity index (χ1) is 8.74. The van der Waals surface area contributed by atoms with Crippen molar-refractivity contribution >= 4 is 21.6 Å². The molecule has 3 rings (SSSR count). The van der Waals surface area contributed by atoms with Gasteiger partial charge in [0.15, 0.2) is 0 Å². The molecule has 1 aliphatic heterocycles. The van der Waals surface area contributed by atoms with Gasteiger partial charge >= 0.3 is 0 Å². The van der Waals surface area contributed by atoms with E-state index in [9.17, 15) is 0 Å². The number of fused-ring (bicyclic) bond motifs is 1. The summed E-state index contributed by atoms with van der Waals surface area (Å²) in [7, 11) is 0. The highest BCUT2D eigenvalue weighted by atomic mass is 79.9. The van der Waals surface area contributed by atoms with Crippen LogP contribution in [-0.4, -0.2) is 26.2 Å². The van der Waals surface area contributed by atoms with Crippen molar-refractivity contribution in [2.45, 2.75) is 19.6 Å². The molecular formula is C12H14BrN5. The second kappa shape index (κ2) is 4.70. The molecular weight excluding hydrogens is 294 g/mol. The van der Waals surface area contributed by atoms with Crippen LogP contribution >= 0.6 is 15.9 Å². The summed E-state index contributed by atoms with van der Waals surface area (Å²) in [6, 6.07) is 5.92. The van der Waals surface area contributed by atoms with Crippen molar-refractivity contribution in [3.63, 3.8) is 0 Å². The van der Waals surface area contributed by atoms with Crippen molar-refractivity contribution in [3.8, 4) is 0 Å². The number of nitrogens with two attached hydrogens (primary N) is 1. The van der Waals surface area contributed by atoms with E-state index in [0.717, 1.165) is 47.7 Å². The predicted octanol–water partition coefficient (Wildman–Crippen LogP) is 1.64. The highest BCUT2D eigenvalue weighted by molar-refractivity contribution is 9.10. The Balaban J connectivity index is 1.79. The molecule has 18 heavy (non-hydrogen) atoms. The SMILES string of the molecule is Nc1cccc(Br)c1CN1CCn2cnnc2C1. The zero-order valence-corrected chi connectivity index (χ0v) is 11.5. The zero-order chi connectivity index (χ0) is 12.5. The van der Waals surface area contributed by atoms with E-state index in [2.05, 4.69) is 35.6 Å². The lowest BCUT2D eigenvalue weighted by Crippen LogP contribution is -2.33. The smallest absolute Gasteiger partial charge is 0.147 e. The van der Waals surface area contributed by atoms with Crippen LogP contribution < -0.4 is 5.73 Å². The molecule has 0 saturated carbocycles. The van der Waals surface area contributed by atoms with Crippen LogP contribution in [0.5, 0.6) is 0 Å². The second-order valence-corrected chi connectivity index (χ2v) is 5.31. The van der Waals surface area contributed by atoms with E-state index in [1.165, 1.54) is 0 Å². The largest absolute Gasteiger partial charge is 0.398 e. The summed E-state index contributed by atoms with van der Waals surface area (Å²) in [5.41, 5.74) is 8.00. The lowest BCUT2D eigenvalue weighted by atomic mass is 10.1. The van der Waals surface area contributed by atoms with Gasteiger partial charge in [0.25, 0.3) is 0 Å². The van der Waals surface area contributed by atoms with E-state index in [4.69, 9.17) is 5.73 Å². The Bertz CT molecular complexity index is 545. The molecule has 2 N–H and O–H groups in total. The van der Waals surface area contributed by atoms with Gasteiger partial charge in [-0.2, -0.15) is 0 Å². The first-order valence-corrected chi connectivity index (χ1v) is 6.65. The molecule has 2 heterocycles. The van der Waals surface area contributed by atoms with Gasteiger partial charge in [0, 0.05) is 35.4 Å². The van der Waals surface area contributed by atoms with Crippen LogP contribution in [0.3, 0.4) is 0 Å². The monoisotopic (exact) mass is 307 g/mol. The molecule has 2 aromatic rings. The normalized spacial score (nSPS) is 15.6. The number of aromatic nitrogens is 3. The minimum absolute atomic E-state index is 0.820. The van der Waals surface area contributed by atoms with Crippen LogP contribution in [0.15, 0.2) is 29.0 Å². The molecule has 0 spiro atoms. The number of rotatable bonds is 2. The molecule has 5 nitrogen and oxygen atoms in total. The molecule has 0 saturated heterocycles. The predicted molar refractivity (Wildman–Crippen MR) is 72.7 cm³/mol. The summed E-state index contributed by atoms with van der Waals surface area (Å²) in [5, 5.41) is 8.05. The Morgan fingerprint density at radius 1 is 1.33 bits per heavy atom. The maximum atomic E-state index is 6.02. The number of hydrogen-bond acceptors (Lipinski definition) is 4. The maximum Gasteiger partial charge on any atom is 0.147 e. The topological polar surface area (TPSA) is 60.0 Å². The van der Waals surface area contributed by atoms with Gasteiger partial charge in [-0.15, -0.1) is 10.2 Å². The second-order valence-electron chi connectivity index (χ2n) is 4.46. The van der Waals surface area contributed by atoms with E-state index in [1.807, 2.05) is 18.2 Å². The lowest BCUT2D eigenvalue weighted by Gasteiger charge is -2.27. The fraction of sp³-hybridized carbons (Fsp3) is 0.333. The zero-order valence-electron chi connectivity index (χ0n) is 9.88. The Kier molecular flexibility index (Phi) is 3.05. The van der Waals surface area contributed by atoms with Gasteiger partial charge in [-0.1, -0.05) is 22.0 Å². The van der Waals surface area contributed by atoms with Gasteiger partial charge in [0.05, 0.1) is 6.54 Å². The molecule has 0 fully saturated rings. The minimum Gasteiger partial charge on any atom is -0.398 e. The first-order valence-electron chi connectivity index (χ1n) is 5.86. The van der Waals surface area contributed by atoms with Gasteiger partial charge in [0.2, 0.25) is 0 Å². The molecule has 6 heteroatoms. The van der Waals surface area contributed by atoms with Crippen molar-refractivity contribution in [3.05, 3.63) is 40.4 Å². The standard InChI is InChI=1S/C12H14BrN5/c13-10-2-1-3-11(14)9(10)6-17-4-5-18-8-15-16-12(18)7-17/h1-3,8H,4-7,14H2. The summed E-state index contributed by atoms with van der Waals surface area (Å²) >= 11 is 3.56. The first kappa shape index (κ1) is 11.7. The Hall–Kier alpha value is -1.40. The van der Waals surface area contributed by atoms with Gasteiger partial charge in [-0.3, -0.25) is 4.90 Å². The molecule has 0 bridgehead atoms. The van der Waals surface area contributed by atoms with Crippen LogP contribution in [0.2, 0.25) is 0 Å². The van der Waals surface area contributed by atoms with Crippen molar-refractivity contribution in [1.82, 2.24) is 19.7 Å². The number of benzene rings is 1. The summed E-state index contributed by atoms with van der Waals surface area (Å²) in [6.07, 6.45) is 1.79. The van der Waals surface area contributed by atoms with E-state index in [0.29, 0.717) is 0 Å². The van der Waals surface area contributed by atoms with Crippen molar-refractivity contribution in [1.29, 1.82) is 0 Å². The fourth-order valence-electron chi connectivity index (χ4n) is 2.22. The van der Waals surface area contributed by atoms with E-state index in [1.54, 1.807) is 6.33 Å². The third kappa shape index (κ3) is 2.13. The Morgan fingerprint density at radius 2 is 2.22 bits per heavy atom. The highest BCUT2D eigenvalue weighted by Crippen LogP contribution is 2.25. The average molecular weight is 308 g/mol. The third-order valence-corrected chi connectivity index (χ3v) is 4.00. The van der Waals surface area contributed by atoms with Gasteiger partial charge in [-0.25, -0.2) is 0 Å². The molecule has 0 aliphatic carbocycles. The highest BCUT2D eigenvalue weighted by Gasteiger charge is 2.18. The van der Waals surface area contributed by atoms with Crippen LogP contribution in [0.25, 0.3) is 0 Å². The van der Waals surface area contributed by atoms with E-state index in [-0.39, 0.29) is 0 Å². The molecule has 0 unspecified atom stereocenters. The van der Waals surface area contributed by atoms with Gasteiger partial charge in [-0.05, 0) is 12.1 Å². The molecule has 0 radical (unpaired) electrons.